The van der Waals surface area contributed by atoms with Crippen LogP contribution in [0.2, 0.25) is 0 Å². The zero-order valence-corrected chi connectivity index (χ0v) is 19.5. The van der Waals surface area contributed by atoms with Gasteiger partial charge in [-0.05, 0) is 30.5 Å². The number of nitrogens with one attached hydrogen (secondary N) is 2. The molecule has 1 heterocycles. The highest BCUT2D eigenvalue weighted by molar-refractivity contribution is 7.98. The van der Waals surface area contributed by atoms with Gasteiger partial charge in [-0.15, -0.1) is 0 Å². The maximum absolute atomic E-state index is 12.4. The molecule has 0 spiro atoms. The van der Waals surface area contributed by atoms with Crippen LogP contribution in [-0.4, -0.2) is 58.8 Å². The van der Waals surface area contributed by atoms with E-state index in [0.717, 1.165) is 16.3 Å². The fraction of sp³-hybridized carbons (Fsp3) is 0.500. The summed E-state index contributed by atoms with van der Waals surface area (Å²) in [6, 6.07) is 6.63. The first-order valence-corrected chi connectivity index (χ1v) is 11.3. The number of carbonyl (C=O) groups excluding carboxylic acids is 5. The Labute approximate surface area is 191 Å². The first kappa shape index (κ1) is 25.4. The van der Waals surface area contributed by atoms with Crippen molar-refractivity contribution in [3.8, 4) is 0 Å². The highest BCUT2D eigenvalue weighted by Crippen LogP contribution is 2.28. The molecule has 0 aliphatic carbocycles. The lowest BCUT2D eigenvalue weighted by atomic mass is 9.83. The molecule has 0 saturated heterocycles. The molecule has 1 aromatic rings. The number of rotatable bonds is 11. The Bertz CT molecular complexity index is 866. The first-order chi connectivity index (χ1) is 15.1. The Morgan fingerprint density at radius 3 is 2.19 bits per heavy atom. The quantitative estimate of drug-likeness (QED) is 0.222. The Balaban J connectivity index is 1.71. The predicted octanol–water partition coefficient (Wildman–Crippen LogP) is 1.92. The van der Waals surface area contributed by atoms with Crippen LogP contribution >= 0.6 is 11.9 Å². The molecule has 32 heavy (non-hydrogen) atoms. The molecule has 1 aliphatic rings. The summed E-state index contributed by atoms with van der Waals surface area (Å²) in [5, 5.41) is 5.32. The topological polar surface area (TPSA) is 122 Å². The van der Waals surface area contributed by atoms with E-state index >= 15 is 0 Å². The second-order valence-corrected chi connectivity index (χ2v) is 9.04. The van der Waals surface area contributed by atoms with Crippen LogP contribution in [0.5, 0.6) is 0 Å². The molecule has 1 atom stereocenters. The number of fused-ring (bicyclic) bond motifs is 1. The molecule has 0 aromatic heterocycles. The fourth-order valence-electron chi connectivity index (χ4n) is 3.01. The molecular weight excluding hydrogens is 434 g/mol. The van der Waals surface area contributed by atoms with E-state index in [2.05, 4.69) is 10.6 Å². The van der Waals surface area contributed by atoms with Crippen molar-refractivity contribution in [2.24, 2.45) is 5.41 Å². The highest BCUT2D eigenvalue weighted by atomic mass is 32.2. The number of benzene rings is 1. The Kier molecular flexibility index (Phi) is 8.82. The minimum atomic E-state index is -0.941. The van der Waals surface area contributed by atoms with Crippen LogP contribution in [0.3, 0.4) is 0 Å². The van der Waals surface area contributed by atoms with Gasteiger partial charge in [0.25, 0.3) is 17.7 Å². The molecule has 4 amide bonds. The number of nitrogens with zero attached hydrogens (tertiary/aromatic N) is 1. The molecular formula is C22H29N3O6S. The Morgan fingerprint density at radius 1 is 1.06 bits per heavy atom. The van der Waals surface area contributed by atoms with Gasteiger partial charge in [0.15, 0.2) is 6.10 Å². The van der Waals surface area contributed by atoms with Gasteiger partial charge in [0, 0.05) is 37.6 Å². The van der Waals surface area contributed by atoms with Gasteiger partial charge < -0.3 is 15.4 Å². The fourth-order valence-corrected chi connectivity index (χ4v) is 3.82. The zero-order valence-electron chi connectivity index (χ0n) is 18.7. The maximum atomic E-state index is 12.4. The van der Waals surface area contributed by atoms with E-state index in [4.69, 9.17) is 4.74 Å². The van der Waals surface area contributed by atoms with Crippen LogP contribution in [0.1, 0.15) is 61.3 Å². The third-order valence-electron chi connectivity index (χ3n) is 5.20. The second kappa shape index (κ2) is 11.1. The number of hydrogen-bond acceptors (Lipinski definition) is 7. The van der Waals surface area contributed by atoms with Gasteiger partial charge in [0.1, 0.15) is 0 Å². The molecule has 1 unspecified atom stereocenters. The van der Waals surface area contributed by atoms with Crippen molar-refractivity contribution in [2.75, 3.05) is 18.8 Å². The number of ether oxygens (including phenoxy) is 1. The molecule has 2 rings (SSSR count). The molecule has 0 bridgehead atoms. The van der Waals surface area contributed by atoms with Gasteiger partial charge in [0.2, 0.25) is 5.91 Å². The van der Waals surface area contributed by atoms with Crippen LogP contribution in [0.25, 0.3) is 0 Å². The van der Waals surface area contributed by atoms with E-state index in [1.165, 1.54) is 6.92 Å². The van der Waals surface area contributed by atoms with E-state index in [9.17, 15) is 24.0 Å². The maximum Gasteiger partial charge on any atom is 0.303 e. The molecule has 1 aromatic carbocycles. The van der Waals surface area contributed by atoms with Crippen molar-refractivity contribution in [3.05, 3.63) is 35.4 Å². The minimum Gasteiger partial charge on any atom is -0.452 e. The molecule has 174 valence electrons. The van der Waals surface area contributed by atoms with E-state index in [-0.39, 0.29) is 37.2 Å². The summed E-state index contributed by atoms with van der Waals surface area (Å²) in [5.41, 5.74) is 0.213. The second-order valence-electron chi connectivity index (χ2n) is 8.01. The van der Waals surface area contributed by atoms with Crippen molar-refractivity contribution in [1.29, 1.82) is 0 Å². The third kappa shape index (κ3) is 6.32. The van der Waals surface area contributed by atoms with Crippen molar-refractivity contribution >= 4 is 41.5 Å². The smallest absolute Gasteiger partial charge is 0.303 e. The van der Waals surface area contributed by atoms with Crippen LogP contribution in [0.15, 0.2) is 24.3 Å². The molecule has 0 fully saturated rings. The lowest BCUT2D eigenvalue weighted by Gasteiger charge is -2.31. The summed E-state index contributed by atoms with van der Waals surface area (Å²) >= 11 is 1.04. The number of esters is 1. The summed E-state index contributed by atoms with van der Waals surface area (Å²) in [4.78, 5) is 60.4. The third-order valence-corrected chi connectivity index (χ3v) is 6.17. The summed E-state index contributed by atoms with van der Waals surface area (Å²) in [5.74, 6) is -1.65. The first-order valence-electron chi connectivity index (χ1n) is 10.4. The minimum absolute atomic E-state index is 0.0444. The van der Waals surface area contributed by atoms with Gasteiger partial charge in [-0.2, -0.15) is 0 Å². The molecule has 0 saturated carbocycles. The number of imide groups is 1. The molecule has 2 N–H and O–H groups in total. The van der Waals surface area contributed by atoms with Crippen molar-refractivity contribution < 1.29 is 28.7 Å². The SMILES string of the molecule is CCC(C)(C)C(OC(C)=O)C(=O)NCCC(=O)NCCSN1C(=O)c2ccccc2C1=O. The Morgan fingerprint density at radius 2 is 1.66 bits per heavy atom. The summed E-state index contributed by atoms with van der Waals surface area (Å²) < 4.78 is 6.28. The predicted molar refractivity (Wildman–Crippen MR) is 120 cm³/mol. The van der Waals surface area contributed by atoms with Gasteiger partial charge in [0.05, 0.1) is 11.1 Å². The van der Waals surface area contributed by atoms with Crippen LogP contribution in [-0.2, 0) is 19.1 Å². The van der Waals surface area contributed by atoms with Crippen LogP contribution < -0.4 is 10.6 Å². The summed E-state index contributed by atoms with van der Waals surface area (Å²) in [6.07, 6.45) is -0.268. The normalized spacial score (nSPS) is 14.1. The van der Waals surface area contributed by atoms with Crippen LogP contribution in [0.4, 0.5) is 0 Å². The molecule has 9 nitrogen and oxygen atoms in total. The van der Waals surface area contributed by atoms with Crippen molar-refractivity contribution in [3.63, 3.8) is 0 Å². The summed E-state index contributed by atoms with van der Waals surface area (Å²) in [6.45, 7) is 7.16. The van der Waals surface area contributed by atoms with E-state index in [0.29, 0.717) is 23.3 Å². The monoisotopic (exact) mass is 463 g/mol. The largest absolute Gasteiger partial charge is 0.452 e. The van der Waals surface area contributed by atoms with Crippen molar-refractivity contribution in [1.82, 2.24) is 14.9 Å². The molecule has 0 radical (unpaired) electrons. The van der Waals surface area contributed by atoms with Gasteiger partial charge in [-0.3, -0.25) is 24.0 Å². The van der Waals surface area contributed by atoms with Gasteiger partial charge >= 0.3 is 5.97 Å². The highest BCUT2D eigenvalue weighted by Gasteiger charge is 2.37. The standard InChI is InChI=1S/C22H29N3O6S/c1-5-22(3,4)18(31-14(2)26)19(28)24-11-10-17(27)23-12-13-32-25-20(29)15-8-6-7-9-16(15)21(25)30/h6-9,18H,5,10-13H2,1-4H3,(H,23,27)(H,24,28). The molecule has 10 heteroatoms. The van der Waals surface area contributed by atoms with E-state index in [1.807, 2.05) is 20.8 Å². The number of hydrogen-bond donors (Lipinski definition) is 2. The Hall–Kier alpha value is -2.88. The van der Waals surface area contributed by atoms with Crippen molar-refractivity contribution in [2.45, 2.75) is 46.6 Å². The summed E-state index contributed by atoms with van der Waals surface area (Å²) in [7, 11) is 0. The average Bonchev–Trinajstić information content (AvgIpc) is 2.99. The lowest BCUT2D eigenvalue weighted by Crippen LogP contribution is -2.47. The number of carbonyl (C=O) groups is 5. The van der Waals surface area contributed by atoms with Gasteiger partial charge in [-0.25, -0.2) is 4.31 Å². The van der Waals surface area contributed by atoms with Gasteiger partial charge in [-0.1, -0.05) is 32.9 Å². The lowest BCUT2D eigenvalue weighted by molar-refractivity contribution is -0.161. The zero-order chi connectivity index (χ0) is 23.9. The average molecular weight is 464 g/mol. The van der Waals surface area contributed by atoms with E-state index in [1.54, 1.807) is 24.3 Å². The van der Waals surface area contributed by atoms with Crippen LogP contribution in [0, 0.1) is 5.41 Å². The number of amides is 4. The molecule has 1 aliphatic heterocycles. The van der Waals surface area contributed by atoms with E-state index < -0.39 is 23.4 Å².